The van der Waals surface area contributed by atoms with E-state index in [0.29, 0.717) is 6.54 Å². The zero-order valence-corrected chi connectivity index (χ0v) is 17.3. The zero-order valence-electron chi connectivity index (χ0n) is 15.7. The van der Waals surface area contributed by atoms with Crippen LogP contribution in [0.25, 0.3) is 11.8 Å². The number of para-hydroxylation sites is 1. The Balaban J connectivity index is 1.74. The molecule has 2 aromatic carbocycles. The van der Waals surface area contributed by atoms with Gasteiger partial charge in [-0.3, -0.25) is 4.79 Å². The summed E-state index contributed by atoms with van der Waals surface area (Å²) in [6.45, 7) is 4.54. The summed E-state index contributed by atoms with van der Waals surface area (Å²) >= 11 is 3.42. The van der Waals surface area contributed by atoms with Gasteiger partial charge in [-0.25, -0.2) is 4.68 Å². The molecule has 0 N–H and O–H groups in total. The highest BCUT2D eigenvalue weighted by atomic mass is 79.9. The highest BCUT2D eigenvalue weighted by Gasteiger charge is 2.12. The minimum atomic E-state index is -0.0378. The molecule has 4 nitrogen and oxygen atoms in total. The van der Waals surface area contributed by atoms with E-state index >= 15 is 0 Å². The lowest BCUT2D eigenvalue weighted by molar-refractivity contribution is -0.125. The molecule has 1 heterocycles. The molecular formula is C22H22BrN3O. The summed E-state index contributed by atoms with van der Waals surface area (Å²) in [7, 11) is 1.81. The normalized spacial score (nSPS) is 11.1. The van der Waals surface area contributed by atoms with Gasteiger partial charge in [0.05, 0.1) is 11.4 Å². The Hall–Kier alpha value is -2.66. The molecule has 27 heavy (non-hydrogen) atoms. The van der Waals surface area contributed by atoms with E-state index in [1.807, 2.05) is 86.3 Å². The second kappa shape index (κ2) is 8.35. The van der Waals surface area contributed by atoms with Gasteiger partial charge in [-0.15, -0.1) is 0 Å². The molecule has 0 bridgehead atoms. The van der Waals surface area contributed by atoms with E-state index in [-0.39, 0.29) is 5.91 Å². The van der Waals surface area contributed by atoms with Gasteiger partial charge in [0, 0.05) is 35.4 Å². The Morgan fingerprint density at radius 2 is 1.78 bits per heavy atom. The van der Waals surface area contributed by atoms with Crippen LogP contribution in [0.2, 0.25) is 0 Å². The molecule has 0 spiro atoms. The van der Waals surface area contributed by atoms with Crippen molar-refractivity contribution in [3.8, 4) is 5.69 Å². The lowest BCUT2D eigenvalue weighted by Gasteiger charge is -2.15. The van der Waals surface area contributed by atoms with Crippen LogP contribution in [0.15, 0.2) is 65.1 Å². The van der Waals surface area contributed by atoms with E-state index in [4.69, 9.17) is 0 Å². The number of nitrogens with zero attached hydrogens (tertiary/aromatic N) is 3. The van der Waals surface area contributed by atoms with Crippen molar-refractivity contribution in [2.45, 2.75) is 20.4 Å². The molecule has 0 aliphatic rings. The van der Waals surface area contributed by atoms with Gasteiger partial charge in [0.2, 0.25) is 5.91 Å². The average molecular weight is 424 g/mol. The second-order valence-corrected chi connectivity index (χ2v) is 7.40. The van der Waals surface area contributed by atoms with E-state index in [9.17, 15) is 4.79 Å². The molecule has 0 radical (unpaired) electrons. The number of likely N-dealkylation sites (N-methyl/N-ethyl adjacent to an activating group) is 1. The van der Waals surface area contributed by atoms with E-state index in [1.54, 1.807) is 11.0 Å². The van der Waals surface area contributed by atoms with Crippen molar-refractivity contribution in [1.29, 1.82) is 0 Å². The fourth-order valence-electron chi connectivity index (χ4n) is 2.94. The van der Waals surface area contributed by atoms with Crippen LogP contribution < -0.4 is 0 Å². The Labute approximate surface area is 168 Å². The van der Waals surface area contributed by atoms with E-state index in [1.165, 1.54) is 0 Å². The first kappa shape index (κ1) is 19.1. The number of aromatic nitrogens is 2. The van der Waals surface area contributed by atoms with Crippen LogP contribution in [0.1, 0.15) is 22.5 Å². The van der Waals surface area contributed by atoms with Gasteiger partial charge in [0.1, 0.15) is 0 Å². The molecule has 0 aliphatic carbocycles. The summed E-state index contributed by atoms with van der Waals surface area (Å²) in [6.07, 6.45) is 3.47. The number of aryl methyl sites for hydroxylation is 1. The number of carbonyl (C=O) groups is 1. The third-order valence-corrected chi connectivity index (χ3v) is 4.98. The number of benzene rings is 2. The van der Waals surface area contributed by atoms with Crippen LogP contribution in [0.3, 0.4) is 0 Å². The van der Waals surface area contributed by atoms with Gasteiger partial charge in [0.25, 0.3) is 0 Å². The van der Waals surface area contributed by atoms with Gasteiger partial charge in [-0.05, 0) is 49.8 Å². The molecule has 138 valence electrons. The largest absolute Gasteiger partial charge is 0.338 e. The molecule has 0 unspecified atom stereocenters. The number of rotatable bonds is 5. The fraction of sp³-hybridized carbons (Fsp3) is 0.182. The van der Waals surface area contributed by atoms with Gasteiger partial charge in [0.15, 0.2) is 0 Å². The molecule has 0 atom stereocenters. The summed E-state index contributed by atoms with van der Waals surface area (Å²) in [5.41, 5.74) is 4.99. The van der Waals surface area contributed by atoms with Crippen LogP contribution >= 0.6 is 15.9 Å². The van der Waals surface area contributed by atoms with Crippen molar-refractivity contribution in [2.24, 2.45) is 0 Å². The molecule has 3 rings (SSSR count). The summed E-state index contributed by atoms with van der Waals surface area (Å²) in [5, 5.41) is 4.62. The van der Waals surface area contributed by atoms with Crippen LogP contribution in [-0.4, -0.2) is 27.6 Å². The molecule has 1 aromatic heterocycles. The summed E-state index contributed by atoms with van der Waals surface area (Å²) in [4.78, 5) is 14.2. The fourth-order valence-corrected chi connectivity index (χ4v) is 3.20. The number of halogens is 1. The SMILES string of the molecule is Cc1nn(-c2ccccc2)c(C)c1/C=C/C(=O)N(C)Cc1ccc(Br)cc1. The van der Waals surface area contributed by atoms with Crippen molar-refractivity contribution >= 4 is 27.9 Å². The molecule has 1 amide bonds. The van der Waals surface area contributed by atoms with Gasteiger partial charge < -0.3 is 4.90 Å². The Kier molecular flexibility index (Phi) is 5.91. The van der Waals surface area contributed by atoms with E-state index in [2.05, 4.69) is 21.0 Å². The first-order chi connectivity index (χ1) is 13.0. The Morgan fingerprint density at radius 3 is 2.44 bits per heavy atom. The third kappa shape index (κ3) is 4.55. The molecule has 5 heteroatoms. The first-order valence-electron chi connectivity index (χ1n) is 8.75. The topological polar surface area (TPSA) is 38.1 Å². The molecule has 0 saturated heterocycles. The first-order valence-corrected chi connectivity index (χ1v) is 9.54. The number of amides is 1. The van der Waals surface area contributed by atoms with Gasteiger partial charge >= 0.3 is 0 Å². The van der Waals surface area contributed by atoms with Crippen molar-refractivity contribution in [3.05, 3.63) is 87.7 Å². The monoisotopic (exact) mass is 423 g/mol. The maximum atomic E-state index is 12.5. The van der Waals surface area contributed by atoms with E-state index < -0.39 is 0 Å². The number of hydrogen-bond donors (Lipinski definition) is 0. The van der Waals surface area contributed by atoms with Crippen LogP contribution in [0.4, 0.5) is 0 Å². The van der Waals surface area contributed by atoms with Crippen LogP contribution in [-0.2, 0) is 11.3 Å². The minimum absolute atomic E-state index is 0.0378. The second-order valence-electron chi connectivity index (χ2n) is 6.49. The summed E-state index contributed by atoms with van der Waals surface area (Å²) in [5.74, 6) is -0.0378. The average Bonchev–Trinajstić information content (AvgIpc) is 2.96. The summed E-state index contributed by atoms with van der Waals surface area (Å²) < 4.78 is 2.94. The molecule has 0 aliphatic heterocycles. The van der Waals surface area contributed by atoms with E-state index in [0.717, 1.165) is 32.7 Å². The van der Waals surface area contributed by atoms with Crippen molar-refractivity contribution in [3.63, 3.8) is 0 Å². The predicted octanol–water partition coefficient (Wildman–Crippen LogP) is 4.92. The zero-order chi connectivity index (χ0) is 19.4. The highest BCUT2D eigenvalue weighted by Crippen LogP contribution is 2.19. The maximum Gasteiger partial charge on any atom is 0.246 e. The molecule has 3 aromatic rings. The van der Waals surface area contributed by atoms with Crippen LogP contribution in [0, 0.1) is 13.8 Å². The number of hydrogen-bond acceptors (Lipinski definition) is 2. The minimum Gasteiger partial charge on any atom is -0.338 e. The maximum absolute atomic E-state index is 12.5. The highest BCUT2D eigenvalue weighted by molar-refractivity contribution is 9.10. The molecule has 0 fully saturated rings. The van der Waals surface area contributed by atoms with Gasteiger partial charge in [-0.1, -0.05) is 46.3 Å². The Morgan fingerprint density at radius 1 is 1.11 bits per heavy atom. The van der Waals surface area contributed by atoms with Gasteiger partial charge in [-0.2, -0.15) is 5.10 Å². The van der Waals surface area contributed by atoms with Crippen molar-refractivity contribution < 1.29 is 4.79 Å². The Bertz CT molecular complexity index is 959. The smallest absolute Gasteiger partial charge is 0.246 e. The van der Waals surface area contributed by atoms with Crippen molar-refractivity contribution in [2.75, 3.05) is 7.05 Å². The lowest BCUT2D eigenvalue weighted by atomic mass is 10.1. The quantitative estimate of drug-likeness (QED) is 0.545. The predicted molar refractivity (Wildman–Crippen MR) is 113 cm³/mol. The molecule has 0 saturated carbocycles. The standard InChI is InChI=1S/C22H22BrN3O/c1-16-21(17(2)26(24-16)20-7-5-4-6-8-20)13-14-22(27)25(3)15-18-9-11-19(23)12-10-18/h4-14H,15H2,1-3H3/b14-13+. The molecular weight excluding hydrogens is 402 g/mol. The number of carbonyl (C=O) groups excluding carboxylic acids is 1. The van der Waals surface area contributed by atoms with Crippen molar-refractivity contribution in [1.82, 2.24) is 14.7 Å². The summed E-state index contributed by atoms with van der Waals surface area (Å²) in [6, 6.07) is 18.0. The third-order valence-electron chi connectivity index (χ3n) is 4.45. The lowest BCUT2D eigenvalue weighted by Crippen LogP contribution is -2.24. The van der Waals surface area contributed by atoms with Crippen LogP contribution in [0.5, 0.6) is 0 Å².